The van der Waals surface area contributed by atoms with E-state index in [2.05, 4.69) is 10.3 Å². The molecule has 0 spiro atoms. The molecule has 0 saturated carbocycles. The normalized spacial score (nSPS) is 11.3. The fourth-order valence-electron chi connectivity index (χ4n) is 1.60. The Bertz CT molecular complexity index is 738. The van der Waals surface area contributed by atoms with E-state index in [4.69, 9.17) is 10.2 Å². The van der Waals surface area contributed by atoms with Crippen LogP contribution in [0.1, 0.15) is 11.3 Å². The highest BCUT2D eigenvalue weighted by molar-refractivity contribution is 7.89. The molecule has 21 heavy (non-hydrogen) atoms. The average Bonchev–Trinajstić information content (AvgIpc) is 2.82. The number of nitrogens with zero attached hydrogens (tertiary/aromatic N) is 1. The maximum Gasteiger partial charge on any atom is 0.309 e. The van der Waals surface area contributed by atoms with Crippen LogP contribution in [0.4, 0.5) is 5.13 Å². The Hall–Kier alpha value is -1.97. The highest BCUT2D eigenvalue weighted by Crippen LogP contribution is 2.17. The van der Waals surface area contributed by atoms with Gasteiger partial charge in [-0.05, 0) is 17.7 Å². The van der Waals surface area contributed by atoms with Crippen molar-refractivity contribution in [3.8, 4) is 0 Å². The lowest BCUT2D eigenvalue weighted by Crippen LogP contribution is -2.12. The molecule has 0 unspecified atom stereocenters. The molecule has 0 fully saturated rings. The quantitative estimate of drug-likeness (QED) is 0.728. The summed E-state index contributed by atoms with van der Waals surface area (Å²) in [7, 11) is -3.68. The van der Waals surface area contributed by atoms with Gasteiger partial charge in [-0.15, -0.1) is 11.3 Å². The number of sulfonamides is 1. The van der Waals surface area contributed by atoms with E-state index in [1.54, 1.807) is 17.5 Å². The third-order valence-electron chi connectivity index (χ3n) is 2.58. The van der Waals surface area contributed by atoms with E-state index in [0.717, 1.165) is 5.56 Å². The molecule has 2 aromatic rings. The fraction of sp³-hybridized carbons (Fsp3) is 0.167. The Morgan fingerprint density at radius 3 is 2.57 bits per heavy atom. The van der Waals surface area contributed by atoms with Crippen molar-refractivity contribution in [3.63, 3.8) is 0 Å². The SMILES string of the molecule is NS(=O)(=O)c1ccc(CNc2nc(CC(=O)O)cs2)cc1. The summed E-state index contributed by atoms with van der Waals surface area (Å²) in [5.74, 6) is -0.926. The van der Waals surface area contributed by atoms with Gasteiger partial charge in [-0.2, -0.15) is 0 Å². The summed E-state index contributed by atoms with van der Waals surface area (Å²) >= 11 is 1.32. The van der Waals surface area contributed by atoms with Gasteiger partial charge in [-0.3, -0.25) is 4.79 Å². The number of rotatable bonds is 6. The molecular formula is C12H13N3O4S2. The first-order chi connectivity index (χ1) is 9.84. The second-order valence-electron chi connectivity index (χ2n) is 4.26. The lowest BCUT2D eigenvalue weighted by atomic mass is 10.2. The smallest absolute Gasteiger partial charge is 0.309 e. The number of hydrogen-bond acceptors (Lipinski definition) is 6. The van der Waals surface area contributed by atoms with Crippen LogP contribution in [0.3, 0.4) is 0 Å². The number of anilines is 1. The van der Waals surface area contributed by atoms with Crippen LogP contribution in [0.25, 0.3) is 0 Å². The minimum Gasteiger partial charge on any atom is -0.481 e. The van der Waals surface area contributed by atoms with Crippen molar-refractivity contribution in [3.05, 3.63) is 40.9 Å². The molecule has 0 aliphatic rings. The minimum absolute atomic E-state index is 0.0595. The fourth-order valence-corrected chi connectivity index (χ4v) is 2.82. The number of carboxylic acid groups (broad SMARTS) is 1. The maximum atomic E-state index is 11.1. The van der Waals surface area contributed by atoms with E-state index in [1.165, 1.54) is 23.5 Å². The summed E-state index contributed by atoms with van der Waals surface area (Å²) < 4.78 is 22.2. The molecule has 0 aliphatic carbocycles. The summed E-state index contributed by atoms with van der Waals surface area (Å²) in [5, 5.41) is 19.0. The van der Waals surface area contributed by atoms with Gasteiger partial charge in [0, 0.05) is 11.9 Å². The molecule has 4 N–H and O–H groups in total. The zero-order valence-electron chi connectivity index (χ0n) is 10.8. The summed E-state index contributed by atoms with van der Waals surface area (Å²) in [6, 6.07) is 6.17. The molecule has 7 nitrogen and oxygen atoms in total. The van der Waals surface area contributed by atoms with E-state index >= 15 is 0 Å². The molecule has 1 aromatic carbocycles. The van der Waals surface area contributed by atoms with Crippen LogP contribution in [0, 0.1) is 0 Å². The predicted molar refractivity (Wildman–Crippen MR) is 78.6 cm³/mol. The zero-order chi connectivity index (χ0) is 15.5. The number of aromatic nitrogens is 1. The molecule has 0 aliphatic heterocycles. The van der Waals surface area contributed by atoms with E-state index in [0.29, 0.717) is 17.4 Å². The summed E-state index contributed by atoms with van der Waals surface area (Å²) in [6.45, 7) is 0.449. The van der Waals surface area contributed by atoms with Gasteiger partial charge < -0.3 is 10.4 Å². The van der Waals surface area contributed by atoms with Gasteiger partial charge >= 0.3 is 5.97 Å². The number of benzene rings is 1. The zero-order valence-corrected chi connectivity index (χ0v) is 12.4. The minimum atomic E-state index is -3.68. The molecular weight excluding hydrogens is 314 g/mol. The van der Waals surface area contributed by atoms with Crippen molar-refractivity contribution >= 4 is 32.5 Å². The topological polar surface area (TPSA) is 122 Å². The van der Waals surface area contributed by atoms with Crippen LogP contribution >= 0.6 is 11.3 Å². The Labute approximate surface area is 125 Å². The van der Waals surface area contributed by atoms with Gasteiger partial charge in [0.2, 0.25) is 10.0 Å². The molecule has 0 amide bonds. The molecule has 0 saturated heterocycles. The highest BCUT2D eigenvalue weighted by Gasteiger charge is 2.08. The van der Waals surface area contributed by atoms with Crippen molar-refractivity contribution in [2.45, 2.75) is 17.9 Å². The van der Waals surface area contributed by atoms with Gasteiger partial charge in [-0.1, -0.05) is 12.1 Å². The molecule has 0 radical (unpaired) electrons. The first-order valence-corrected chi connectivity index (χ1v) is 8.29. The second kappa shape index (κ2) is 6.20. The monoisotopic (exact) mass is 327 g/mol. The summed E-state index contributed by atoms with van der Waals surface area (Å²) in [5.41, 5.74) is 1.36. The van der Waals surface area contributed by atoms with Crippen LogP contribution < -0.4 is 10.5 Å². The molecule has 0 atom stereocenters. The van der Waals surface area contributed by atoms with Crippen molar-refractivity contribution in [2.75, 3.05) is 5.32 Å². The Morgan fingerprint density at radius 2 is 2.00 bits per heavy atom. The number of thiazole rings is 1. The largest absolute Gasteiger partial charge is 0.481 e. The number of carboxylic acids is 1. The molecule has 1 aromatic heterocycles. The van der Waals surface area contributed by atoms with E-state index in [1.807, 2.05) is 0 Å². The standard InChI is InChI=1S/C12H13N3O4S2/c13-21(18,19)10-3-1-8(2-4-10)6-14-12-15-9(7-20-12)5-11(16)17/h1-4,7H,5-6H2,(H,14,15)(H,16,17)(H2,13,18,19). The molecule has 112 valence electrons. The average molecular weight is 327 g/mol. The van der Waals surface area contributed by atoms with Crippen molar-refractivity contribution in [2.24, 2.45) is 5.14 Å². The van der Waals surface area contributed by atoms with Crippen LogP contribution in [-0.2, 0) is 27.8 Å². The number of nitrogens with two attached hydrogens (primary N) is 1. The maximum absolute atomic E-state index is 11.1. The summed E-state index contributed by atoms with van der Waals surface area (Å²) in [6.07, 6.45) is -0.110. The second-order valence-corrected chi connectivity index (χ2v) is 6.68. The van der Waals surface area contributed by atoms with E-state index in [-0.39, 0.29) is 11.3 Å². The third kappa shape index (κ3) is 4.52. The first-order valence-electron chi connectivity index (χ1n) is 5.86. The number of carbonyl (C=O) groups is 1. The number of primary sulfonamides is 1. The van der Waals surface area contributed by atoms with Crippen molar-refractivity contribution in [1.82, 2.24) is 4.98 Å². The van der Waals surface area contributed by atoms with Gasteiger partial charge in [0.05, 0.1) is 17.0 Å². The molecule has 2 rings (SSSR count). The number of hydrogen-bond donors (Lipinski definition) is 3. The molecule has 9 heteroatoms. The van der Waals surface area contributed by atoms with Crippen LogP contribution in [0.15, 0.2) is 34.5 Å². The number of nitrogens with one attached hydrogen (secondary N) is 1. The third-order valence-corrected chi connectivity index (χ3v) is 4.36. The van der Waals surface area contributed by atoms with Gasteiger partial charge in [-0.25, -0.2) is 18.5 Å². The Kier molecular flexibility index (Phi) is 4.56. The van der Waals surface area contributed by atoms with Crippen molar-refractivity contribution < 1.29 is 18.3 Å². The lowest BCUT2D eigenvalue weighted by molar-refractivity contribution is -0.136. The first kappa shape index (κ1) is 15.4. The molecule has 1 heterocycles. The van der Waals surface area contributed by atoms with Gasteiger partial charge in [0.15, 0.2) is 5.13 Å². The lowest BCUT2D eigenvalue weighted by Gasteiger charge is -2.04. The van der Waals surface area contributed by atoms with E-state index in [9.17, 15) is 13.2 Å². The van der Waals surface area contributed by atoms with Crippen LogP contribution in [0.5, 0.6) is 0 Å². The van der Waals surface area contributed by atoms with Crippen LogP contribution in [0.2, 0.25) is 0 Å². The highest BCUT2D eigenvalue weighted by atomic mass is 32.2. The van der Waals surface area contributed by atoms with Crippen LogP contribution in [-0.4, -0.2) is 24.5 Å². The van der Waals surface area contributed by atoms with E-state index < -0.39 is 16.0 Å². The Balaban J connectivity index is 1.97. The molecule has 0 bridgehead atoms. The Morgan fingerprint density at radius 1 is 1.33 bits per heavy atom. The van der Waals surface area contributed by atoms with Gasteiger partial charge in [0.1, 0.15) is 0 Å². The number of aliphatic carboxylic acids is 1. The van der Waals surface area contributed by atoms with Gasteiger partial charge in [0.25, 0.3) is 0 Å². The van der Waals surface area contributed by atoms with Crippen molar-refractivity contribution in [1.29, 1.82) is 0 Å². The predicted octanol–water partition coefficient (Wildman–Crippen LogP) is 1.03. The summed E-state index contributed by atoms with van der Waals surface area (Å²) in [4.78, 5) is 14.7.